The van der Waals surface area contributed by atoms with Gasteiger partial charge in [-0.05, 0) is 6.07 Å². The molecule has 1 aliphatic heterocycles. The summed E-state index contributed by atoms with van der Waals surface area (Å²) >= 11 is 0. The van der Waals surface area contributed by atoms with Crippen molar-refractivity contribution in [1.82, 2.24) is 4.90 Å². The molecule has 2 rings (SSSR count). The molecule has 0 saturated carbocycles. The molecule has 98 valence electrons. The van der Waals surface area contributed by atoms with Crippen LogP contribution in [0.15, 0.2) is 18.2 Å². The molecule has 0 aliphatic carbocycles. The molecular formula is C12H13F2NO3. The third kappa shape index (κ3) is 2.83. The molecule has 0 spiro atoms. The fourth-order valence-electron chi connectivity index (χ4n) is 1.92. The molecule has 1 heterocycles. The van der Waals surface area contributed by atoms with E-state index < -0.39 is 23.6 Å². The van der Waals surface area contributed by atoms with Crippen LogP contribution < -0.4 is 0 Å². The van der Waals surface area contributed by atoms with Gasteiger partial charge in [0.15, 0.2) is 0 Å². The Balaban J connectivity index is 2.13. The molecule has 6 heteroatoms. The van der Waals surface area contributed by atoms with Crippen LogP contribution in [0.4, 0.5) is 8.78 Å². The van der Waals surface area contributed by atoms with Crippen LogP contribution in [0, 0.1) is 11.6 Å². The van der Waals surface area contributed by atoms with Gasteiger partial charge in [0.1, 0.15) is 17.7 Å². The summed E-state index contributed by atoms with van der Waals surface area (Å²) in [7, 11) is 0. The second-order valence-electron chi connectivity index (χ2n) is 4.14. The lowest BCUT2D eigenvalue weighted by atomic mass is 10.1. The zero-order chi connectivity index (χ0) is 13.1. The highest BCUT2D eigenvalue weighted by Gasteiger charge is 2.29. The Morgan fingerprint density at radius 2 is 2.28 bits per heavy atom. The van der Waals surface area contributed by atoms with Crippen LogP contribution in [-0.4, -0.2) is 41.8 Å². The van der Waals surface area contributed by atoms with E-state index in [-0.39, 0.29) is 18.7 Å². The van der Waals surface area contributed by atoms with E-state index in [1.807, 2.05) is 0 Å². The van der Waals surface area contributed by atoms with Crippen molar-refractivity contribution in [2.75, 3.05) is 19.8 Å². The number of hydrogen-bond acceptors (Lipinski definition) is 3. The van der Waals surface area contributed by atoms with Crippen molar-refractivity contribution in [2.45, 2.75) is 12.6 Å². The minimum atomic E-state index is -1.00. The van der Waals surface area contributed by atoms with Crippen molar-refractivity contribution in [3.8, 4) is 0 Å². The Hall–Kier alpha value is -1.53. The third-order valence-electron chi connectivity index (χ3n) is 2.91. The van der Waals surface area contributed by atoms with E-state index in [0.717, 1.165) is 12.1 Å². The van der Waals surface area contributed by atoms with Crippen LogP contribution in [0.3, 0.4) is 0 Å². The Labute approximate surface area is 103 Å². The van der Waals surface area contributed by atoms with E-state index >= 15 is 0 Å². The standard InChI is InChI=1S/C12H13F2NO3/c13-9-2-1-8(10(14)5-9)6-15-3-4-18-7-11(15)12(16)17/h1-2,5,11H,3-4,6-7H2,(H,16,17). The van der Waals surface area contributed by atoms with E-state index in [0.29, 0.717) is 13.2 Å². The highest BCUT2D eigenvalue weighted by Crippen LogP contribution is 2.16. The molecule has 1 N–H and O–H groups in total. The summed E-state index contributed by atoms with van der Waals surface area (Å²) in [5, 5.41) is 9.02. The molecule has 1 unspecified atom stereocenters. The summed E-state index contributed by atoms with van der Waals surface area (Å²) in [6.07, 6.45) is 0. The molecule has 1 aliphatic rings. The molecular weight excluding hydrogens is 244 g/mol. The van der Waals surface area contributed by atoms with Crippen molar-refractivity contribution in [2.24, 2.45) is 0 Å². The summed E-state index contributed by atoms with van der Waals surface area (Å²) < 4.78 is 31.3. The molecule has 1 aromatic carbocycles. The smallest absolute Gasteiger partial charge is 0.323 e. The van der Waals surface area contributed by atoms with Gasteiger partial charge in [0, 0.05) is 24.7 Å². The van der Waals surface area contributed by atoms with Gasteiger partial charge in [-0.25, -0.2) is 8.78 Å². The van der Waals surface area contributed by atoms with Gasteiger partial charge in [0.25, 0.3) is 0 Å². The minimum absolute atomic E-state index is 0.0815. The molecule has 0 bridgehead atoms. The maximum atomic E-state index is 13.5. The normalized spacial score (nSPS) is 20.9. The van der Waals surface area contributed by atoms with Gasteiger partial charge in [0.2, 0.25) is 0 Å². The first-order valence-electron chi connectivity index (χ1n) is 5.56. The first kappa shape index (κ1) is 12.9. The highest BCUT2D eigenvalue weighted by molar-refractivity contribution is 5.73. The van der Waals surface area contributed by atoms with E-state index in [4.69, 9.17) is 9.84 Å². The number of halogens is 2. The summed E-state index contributed by atoms with van der Waals surface area (Å²) in [5.41, 5.74) is 0.282. The fraction of sp³-hybridized carbons (Fsp3) is 0.417. The Morgan fingerprint density at radius 3 is 2.94 bits per heavy atom. The molecule has 4 nitrogen and oxygen atoms in total. The largest absolute Gasteiger partial charge is 0.480 e. The number of carboxylic acid groups (broad SMARTS) is 1. The lowest BCUT2D eigenvalue weighted by molar-refractivity contribution is -0.150. The van der Waals surface area contributed by atoms with Crippen LogP contribution in [0.2, 0.25) is 0 Å². The van der Waals surface area contributed by atoms with Crippen LogP contribution in [0.1, 0.15) is 5.56 Å². The van der Waals surface area contributed by atoms with E-state index in [9.17, 15) is 13.6 Å². The van der Waals surface area contributed by atoms with Gasteiger partial charge in [-0.2, -0.15) is 0 Å². The molecule has 1 aromatic rings. The maximum Gasteiger partial charge on any atom is 0.323 e. The lowest BCUT2D eigenvalue weighted by Gasteiger charge is -2.32. The maximum absolute atomic E-state index is 13.5. The minimum Gasteiger partial charge on any atom is -0.480 e. The number of hydrogen-bond donors (Lipinski definition) is 1. The second-order valence-corrected chi connectivity index (χ2v) is 4.14. The van der Waals surface area contributed by atoms with Gasteiger partial charge in [-0.1, -0.05) is 6.07 Å². The van der Waals surface area contributed by atoms with Gasteiger partial charge in [-0.15, -0.1) is 0 Å². The Bertz CT molecular complexity index is 453. The highest BCUT2D eigenvalue weighted by atomic mass is 19.1. The molecule has 1 atom stereocenters. The molecule has 1 saturated heterocycles. The Morgan fingerprint density at radius 1 is 1.50 bits per heavy atom. The van der Waals surface area contributed by atoms with Crippen LogP contribution in [-0.2, 0) is 16.1 Å². The fourth-order valence-corrected chi connectivity index (χ4v) is 1.92. The summed E-state index contributed by atoms with van der Waals surface area (Å²) in [5.74, 6) is -2.31. The molecule has 0 amide bonds. The third-order valence-corrected chi connectivity index (χ3v) is 2.91. The number of carbonyl (C=O) groups is 1. The Kier molecular flexibility index (Phi) is 3.88. The van der Waals surface area contributed by atoms with Crippen molar-refractivity contribution < 1.29 is 23.4 Å². The molecule has 1 fully saturated rings. The number of rotatable bonds is 3. The predicted octanol–water partition coefficient (Wildman–Crippen LogP) is 1.25. The zero-order valence-electron chi connectivity index (χ0n) is 9.60. The topological polar surface area (TPSA) is 49.8 Å². The van der Waals surface area contributed by atoms with Crippen molar-refractivity contribution in [1.29, 1.82) is 0 Å². The quantitative estimate of drug-likeness (QED) is 0.885. The van der Waals surface area contributed by atoms with E-state index in [1.165, 1.54) is 6.07 Å². The number of nitrogens with zero attached hydrogens (tertiary/aromatic N) is 1. The predicted molar refractivity (Wildman–Crippen MR) is 59.0 cm³/mol. The van der Waals surface area contributed by atoms with Gasteiger partial charge < -0.3 is 9.84 Å². The first-order valence-corrected chi connectivity index (χ1v) is 5.56. The van der Waals surface area contributed by atoms with Crippen molar-refractivity contribution >= 4 is 5.97 Å². The monoisotopic (exact) mass is 257 g/mol. The van der Waals surface area contributed by atoms with Crippen LogP contribution in [0.25, 0.3) is 0 Å². The second kappa shape index (κ2) is 5.41. The average Bonchev–Trinajstić information content (AvgIpc) is 2.33. The number of aliphatic carboxylic acids is 1. The molecule has 0 aromatic heterocycles. The summed E-state index contributed by atoms with van der Waals surface area (Å²) in [4.78, 5) is 12.6. The van der Waals surface area contributed by atoms with Crippen LogP contribution >= 0.6 is 0 Å². The summed E-state index contributed by atoms with van der Waals surface area (Å²) in [6, 6.07) is 2.50. The number of morpholine rings is 1. The van der Waals surface area contributed by atoms with Crippen molar-refractivity contribution in [3.63, 3.8) is 0 Å². The van der Waals surface area contributed by atoms with Crippen molar-refractivity contribution in [3.05, 3.63) is 35.4 Å². The van der Waals surface area contributed by atoms with E-state index in [2.05, 4.69) is 0 Å². The van der Waals surface area contributed by atoms with Gasteiger partial charge >= 0.3 is 5.97 Å². The lowest BCUT2D eigenvalue weighted by Crippen LogP contribution is -2.49. The number of benzene rings is 1. The SMILES string of the molecule is O=C(O)C1COCCN1Cc1ccc(F)cc1F. The van der Waals surface area contributed by atoms with Gasteiger partial charge in [-0.3, -0.25) is 9.69 Å². The number of ether oxygens (including phenoxy) is 1. The molecule has 18 heavy (non-hydrogen) atoms. The van der Waals surface area contributed by atoms with E-state index in [1.54, 1.807) is 4.90 Å². The van der Waals surface area contributed by atoms with Gasteiger partial charge in [0.05, 0.1) is 13.2 Å². The average molecular weight is 257 g/mol. The summed E-state index contributed by atoms with van der Waals surface area (Å²) in [6.45, 7) is 1.03. The van der Waals surface area contributed by atoms with Crippen LogP contribution in [0.5, 0.6) is 0 Å². The number of carboxylic acids is 1. The zero-order valence-corrected chi connectivity index (χ0v) is 9.60. The first-order chi connectivity index (χ1) is 8.58. The molecule has 0 radical (unpaired) electrons.